The largest absolute Gasteiger partial charge is 0.500 e. The fourth-order valence-electron chi connectivity index (χ4n) is 2.96. The second-order valence-electron chi connectivity index (χ2n) is 5.40. The van der Waals surface area contributed by atoms with Crippen LogP contribution in [-0.2, 0) is 13.3 Å². The van der Waals surface area contributed by atoms with E-state index in [1.165, 1.54) is 30.6 Å². The summed E-state index contributed by atoms with van der Waals surface area (Å²) in [6.45, 7) is 15.3. The minimum atomic E-state index is -2.41. The Hall–Kier alpha value is 0.314. The summed E-state index contributed by atoms with van der Waals surface area (Å²) in [5.74, 6) is 0. The number of hydrogen-bond donors (Lipinski definition) is 0. The van der Waals surface area contributed by atoms with Crippen molar-refractivity contribution in [2.75, 3.05) is 19.8 Å². The average Bonchev–Trinajstić information content (AvgIpc) is 2.45. The molecule has 0 spiro atoms. The van der Waals surface area contributed by atoms with Crippen LogP contribution in [0.3, 0.4) is 0 Å². The van der Waals surface area contributed by atoms with Crippen LogP contribution in [0.2, 0.25) is 30.2 Å². The van der Waals surface area contributed by atoms with Crippen molar-refractivity contribution in [2.24, 2.45) is 0 Å². The van der Waals surface area contributed by atoms with Crippen molar-refractivity contribution in [1.82, 2.24) is 0 Å². The Labute approximate surface area is 128 Å². The molecule has 0 N–H and O–H groups in total. The lowest BCUT2D eigenvalue weighted by molar-refractivity contribution is 0.0711. The third kappa shape index (κ3) is 6.39. The highest BCUT2D eigenvalue weighted by Crippen LogP contribution is 2.29. The van der Waals surface area contributed by atoms with E-state index in [-0.39, 0.29) is 0 Å². The van der Waals surface area contributed by atoms with Gasteiger partial charge in [-0.3, -0.25) is 0 Å². The summed E-state index contributed by atoms with van der Waals surface area (Å²) in [7, 11) is -3.44. The molecule has 122 valence electrons. The SMILES string of the molecule is CCO[Si](CCC[Si](CC)(CC)CC)(OCC)OCC. The molecule has 0 saturated heterocycles. The van der Waals surface area contributed by atoms with E-state index in [2.05, 4.69) is 20.8 Å². The van der Waals surface area contributed by atoms with E-state index in [0.29, 0.717) is 19.8 Å². The first kappa shape index (κ1) is 20.3. The van der Waals surface area contributed by atoms with Gasteiger partial charge < -0.3 is 13.3 Å². The van der Waals surface area contributed by atoms with Gasteiger partial charge in [0.15, 0.2) is 0 Å². The maximum Gasteiger partial charge on any atom is 0.500 e. The van der Waals surface area contributed by atoms with E-state index in [0.717, 1.165) is 6.04 Å². The van der Waals surface area contributed by atoms with Crippen LogP contribution in [0, 0.1) is 0 Å². The summed E-state index contributed by atoms with van der Waals surface area (Å²) < 4.78 is 17.8. The van der Waals surface area contributed by atoms with Gasteiger partial charge in [0, 0.05) is 25.9 Å². The fourth-order valence-corrected chi connectivity index (χ4v) is 9.41. The quantitative estimate of drug-likeness (QED) is 0.450. The molecule has 0 aromatic carbocycles. The molecule has 0 aromatic rings. The molecule has 5 heteroatoms. The normalized spacial score (nSPS) is 12.9. The Morgan fingerprint density at radius 2 is 1.00 bits per heavy atom. The first-order valence-corrected chi connectivity index (χ1v) is 13.2. The molecule has 0 fully saturated rings. The van der Waals surface area contributed by atoms with Crippen molar-refractivity contribution in [3.8, 4) is 0 Å². The Morgan fingerprint density at radius 3 is 1.30 bits per heavy atom. The van der Waals surface area contributed by atoms with Crippen molar-refractivity contribution in [3.05, 3.63) is 0 Å². The molecule has 0 aliphatic rings. The zero-order valence-electron chi connectivity index (χ0n) is 14.6. The van der Waals surface area contributed by atoms with Gasteiger partial charge in [-0.2, -0.15) is 0 Å². The van der Waals surface area contributed by atoms with Crippen LogP contribution in [0.5, 0.6) is 0 Å². The van der Waals surface area contributed by atoms with Crippen molar-refractivity contribution < 1.29 is 13.3 Å². The predicted octanol–water partition coefficient (Wildman–Crippen LogP) is 4.93. The molecule has 20 heavy (non-hydrogen) atoms. The molecule has 0 atom stereocenters. The van der Waals surface area contributed by atoms with E-state index < -0.39 is 16.9 Å². The molecule has 0 aromatic heterocycles. The third-order valence-electron chi connectivity index (χ3n) is 4.53. The van der Waals surface area contributed by atoms with Gasteiger partial charge in [-0.1, -0.05) is 51.4 Å². The predicted molar refractivity (Wildman–Crippen MR) is 92.1 cm³/mol. The molecule has 3 nitrogen and oxygen atoms in total. The van der Waals surface area contributed by atoms with Crippen LogP contribution >= 0.6 is 0 Å². The second kappa shape index (κ2) is 11.0. The zero-order chi connectivity index (χ0) is 15.5. The Bertz CT molecular complexity index is 208. The first-order valence-electron chi connectivity index (χ1n) is 8.49. The van der Waals surface area contributed by atoms with Crippen molar-refractivity contribution in [1.29, 1.82) is 0 Å². The van der Waals surface area contributed by atoms with Crippen LogP contribution in [0.25, 0.3) is 0 Å². The molecule has 0 rings (SSSR count). The second-order valence-corrected chi connectivity index (χ2v) is 13.7. The smallest absolute Gasteiger partial charge is 0.374 e. The summed E-state index contributed by atoms with van der Waals surface area (Å²) in [6.07, 6.45) is 1.20. The lowest BCUT2D eigenvalue weighted by atomic mass is 10.6. The Balaban J connectivity index is 4.58. The molecule has 0 aliphatic heterocycles. The lowest BCUT2D eigenvalue weighted by Gasteiger charge is -2.31. The van der Waals surface area contributed by atoms with Crippen LogP contribution in [0.4, 0.5) is 0 Å². The molecule has 0 heterocycles. The molecular weight excluding hydrogens is 284 g/mol. The maximum atomic E-state index is 5.94. The topological polar surface area (TPSA) is 27.7 Å². The van der Waals surface area contributed by atoms with E-state index in [1.807, 2.05) is 20.8 Å². The maximum absolute atomic E-state index is 5.94. The van der Waals surface area contributed by atoms with E-state index in [4.69, 9.17) is 13.3 Å². The molecule has 0 saturated carbocycles. The summed E-state index contributed by atoms with van der Waals surface area (Å²) >= 11 is 0. The van der Waals surface area contributed by atoms with Crippen molar-refractivity contribution in [2.45, 2.75) is 78.2 Å². The standard InChI is InChI=1S/C15H36O3Si2/c1-7-16-20(17-8-2,18-9-3)15-13-14-19(10-4,11-5)12-6/h7-15H2,1-6H3. The van der Waals surface area contributed by atoms with Crippen LogP contribution in [0.15, 0.2) is 0 Å². The van der Waals surface area contributed by atoms with E-state index >= 15 is 0 Å². The molecule has 0 bridgehead atoms. The van der Waals surface area contributed by atoms with Crippen LogP contribution < -0.4 is 0 Å². The highest BCUT2D eigenvalue weighted by atomic mass is 28.4. The van der Waals surface area contributed by atoms with Gasteiger partial charge in [0.1, 0.15) is 0 Å². The third-order valence-corrected chi connectivity index (χ3v) is 13.6. The van der Waals surface area contributed by atoms with Crippen molar-refractivity contribution in [3.63, 3.8) is 0 Å². The number of rotatable bonds is 13. The fraction of sp³-hybridized carbons (Fsp3) is 1.00. The van der Waals surface area contributed by atoms with Gasteiger partial charge >= 0.3 is 8.80 Å². The van der Waals surface area contributed by atoms with Gasteiger partial charge in [0.25, 0.3) is 0 Å². The minimum absolute atomic E-state index is 0.685. The molecule has 0 aliphatic carbocycles. The highest BCUT2D eigenvalue weighted by molar-refractivity contribution is 6.79. The van der Waals surface area contributed by atoms with Gasteiger partial charge in [-0.15, -0.1) is 0 Å². The minimum Gasteiger partial charge on any atom is -0.374 e. The molecule has 0 radical (unpaired) electrons. The lowest BCUT2D eigenvalue weighted by Crippen LogP contribution is -2.46. The van der Waals surface area contributed by atoms with Crippen LogP contribution in [-0.4, -0.2) is 36.7 Å². The Morgan fingerprint density at radius 1 is 0.600 bits per heavy atom. The monoisotopic (exact) mass is 320 g/mol. The molecule has 0 unspecified atom stereocenters. The van der Waals surface area contributed by atoms with E-state index in [9.17, 15) is 0 Å². The van der Waals surface area contributed by atoms with Gasteiger partial charge in [-0.05, 0) is 20.8 Å². The average molecular weight is 321 g/mol. The van der Waals surface area contributed by atoms with Gasteiger partial charge in [0.2, 0.25) is 0 Å². The summed E-state index contributed by atoms with van der Waals surface area (Å²) in [4.78, 5) is 0. The molecular formula is C15H36O3Si2. The van der Waals surface area contributed by atoms with Crippen LogP contribution in [0.1, 0.15) is 48.0 Å². The van der Waals surface area contributed by atoms with Gasteiger partial charge in [-0.25, -0.2) is 0 Å². The highest BCUT2D eigenvalue weighted by Gasteiger charge is 2.40. The van der Waals surface area contributed by atoms with E-state index in [1.54, 1.807) is 0 Å². The Kier molecular flexibility index (Phi) is 11.1. The molecule has 0 amide bonds. The summed E-state index contributed by atoms with van der Waals surface area (Å²) in [6, 6.07) is 6.56. The summed E-state index contributed by atoms with van der Waals surface area (Å²) in [5, 5.41) is 0. The van der Waals surface area contributed by atoms with Gasteiger partial charge in [0.05, 0.1) is 8.07 Å². The summed E-state index contributed by atoms with van der Waals surface area (Å²) in [5.41, 5.74) is 0. The zero-order valence-corrected chi connectivity index (χ0v) is 16.6. The number of hydrogen-bond acceptors (Lipinski definition) is 3. The first-order chi connectivity index (χ1) is 9.57. The van der Waals surface area contributed by atoms with Crippen molar-refractivity contribution >= 4 is 16.9 Å².